The van der Waals surface area contributed by atoms with E-state index >= 15 is 0 Å². The number of nitrogens with one attached hydrogen (secondary N) is 1. The van der Waals surface area contributed by atoms with E-state index in [-0.39, 0.29) is 23.8 Å². The Bertz CT molecular complexity index is 704. The topological polar surface area (TPSA) is 78.3 Å². The number of fused-ring (bicyclic) bond motifs is 1. The van der Waals surface area contributed by atoms with Gasteiger partial charge in [-0.2, -0.15) is 0 Å². The number of hydrogen-bond acceptors (Lipinski definition) is 6. The summed E-state index contributed by atoms with van der Waals surface area (Å²) < 4.78 is 13.4. The number of hydrogen-bond donors (Lipinski definition) is 1. The molecule has 2 aromatic rings. The van der Waals surface area contributed by atoms with Crippen LogP contribution in [0.25, 0.3) is 0 Å². The fraction of sp³-hybridized carbons (Fsp3) is 0.438. The lowest BCUT2D eigenvalue weighted by atomic mass is 10.2. The second-order valence-electron chi connectivity index (χ2n) is 5.70. The summed E-state index contributed by atoms with van der Waals surface area (Å²) in [7, 11) is 0. The molecule has 1 aliphatic heterocycles. The van der Waals surface area contributed by atoms with Crippen LogP contribution in [0.2, 0.25) is 0 Å². The van der Waals surface area contributed by atoms with Crippen LogP contribution in [0.1, 0.15) is 19.9 Å². The maximum Gasteiger partial charge on any atom is 0.230 e. The molecule has 1 atom stereocenters. The van der Waals surface area contributed by atoms with Crippen LogP contribution in [0.3, 0.4) is 0 Å². The van der Waals surface area contributed by atoms with Gasteiger partial charge < -0.3 is 19.4 Å². The van der Waals surface area contributed by atoms with Crippen molar-refractivity contribution in [2.75, 3.05) is 18.9 Å². The molecular weight excluding hydrogens is 328 g/mol. The number of carbonyl (C=O) groups is 1. The van der Waals surface area contributed by atoms with Gasteiger partial charge in [0.2, 0.25) is 5.91 Å². The summed E-state index contributed by atoms with van der Waals surface area (Å²) in [5.74, 6) is 1.67. The zero-order valence-electron chi connectivity index (χ0n) is 13.6. The third-order valence-electron chi connectivity index (χ3n) is 3.52. The molecule has 128 valence electrons. The summed E-state index contributed by atoms with van der Waals surface area (Å²) in [6.45, 7) is 4.92. The summed E-state index contributed by atoms with van der Waals surface area (Å²) in [5.41, 5.74) is 0. The van der Waals surface area contributed by atoms with Gasteiger partial charge in [0.15, 0.2) is 16.7 Å². The number of benzene rings is 1. The van der Waals surface area contributed by atoms with E-state index in [9.17, 15) is 4.79 Å². The molecule has 3 rings (SSSR count). The zero-order chi connectivity index (χ0) is 16.9. The minimum absolute atomic E-state index is 0.0687. The summed E-state index contributed by atoms with van der Waals surface area (Å²) in [6, 6.07) is 7.78. The van der Waals surface area contributed by atoms with Gasteiger partial charge in [0, 0.05) is 6.04 Å². The van der Waals surface area contributed by atoms with Crippen LogP contribution in [-0.4, -0.2) is 45.7 Å². The van der Waals surface area contributed by atoms with Gasteiger partial charge in [-0.3, -0.25) is 4.79 Å². The first-order valence-corrected chi connectivity index (χ1v) is 8.79. The van der Waals surface area contributed by atoms with Crippen LogP contribution in [0.15, 0.2) is 35.7 Å². The quantitative estimate of drug-likeness (QED) is 0.804. The Morgan fingerprint density at radius 1 is 1.42 bits per heavy atom. The van der Waals surface area contributed by atoms with Crippen LogP contribution in [0, 0.1) is 0 Å². The monoisotopic (exact) mass is 348 g/mol. The molecule has 24 heavy (non-hydrogen) atoms. The SMILES string of the molecule is CC(C)n1cnnc1SCC(=O)NC[C@H]1COc2ccccc2O1. The van der Waals surface area contributed by atoms with Crippen LogP contribution < -0.4 is 14.8 Å². The van der Waals surface area contributed by atoms with Crippen LogP contribution in [0.5, 0.6) is 11.5 Å². The molecule has 7 nitrogen and oxygen atoms in total. The number of amides is 1. The standard InChI is InChI=1S/C16H20N4O3S/c1-11(2)20-10-18-19-16(20)24-9-15(21)17-7-12-8-22-13-5-3-4-6-14(13)23-12/h3-6,10-12H,7-9H2,1-2H3,(H,17,21)/t12-/m0/s1. The fourth-order valence-electron chi connectivity index (χ4n) is 2.26. The predicted molar refractivity (Wildman–Crippen MR) is 90.5 cm³/mol. The average Bonchev–Trinajstić information content (AvgIpc) is 3.07. The molecule has 1 aromatic carbocycles. The lowest BCUT2D eigenvalue weighted by molar-refractivity contribution is -0.119. The first-order valence-electron chi connectivity index (χ1n) is 7.81. The van der Waals surface area contributed by atoms with E-state index in [1.807, 2.05) is 42.7 Å². The van der Waals surface area contributed by atoms with Crippen molar-refractivity contribution in [2.45, 2.75) is 31.1 Å². The maximum absolute atomic E-state index is 12.0. The Kier molecular flexibility index (Phi) is 5.24. The highest BCUT2D eigenvalue weighted by Crippen LogP contribution is 2.30. The van der Waals surface area contributed by atoms with Gasteiger partial charge in [-0.05, 0) is 26.0 Å². The molecule has 0 radical (unpaired) electrons. The molecule has 1 aromatic heterocycles. The second kappa shape index (κ2) is 7.57. The first kappa shape index (κ1) is 16.6. The van der Waals surface area contributed by atoms with Crippen molar-refractivity contribution in [1.29, 1.82) is 0 Å². The molecule has 2 heterocycles. The van der Waals surface area contributed by atoms with Gasteiger partial charge in [-0.25, -0.2) is 0 Å². The van der Waals surface area contributed by atoms with Gasteiger partial charge in [0.05, 0.1) is 12.3 Å². The third kappa shape index (κ3) is 4.00. The van der Waals surface area contributed by atoms with Gasteiger partial charge in [-0.1, -0.05) is 23.9 Å². The first-order chi connectivity index (χ1) is 11.6. The Morgan fingerprint density at radius 2 is 2.21 bits per heavy atom. The summed E-state index contributed by atoms with van der Waals surface area (Å²) in [5, 5.41) is 11.5. The van der Waals surface area contributed by atoms with E-state index < -0.39 is 0 Å². The number of thioether (sulfide) groups is 1. The lowest BCUT2D eigenvalue weighted by Gasteiger charge is -2.26. The van der Waals surface area contributed by atoms with Crippen molar-refractivity contribution in [2.24, 2.45) is 0 Å². The fourth-order valence-corrected chi connectivity index (χ4v) is 3.14. The number of nitrogens with zero attached hydrogens (tertiary/aromatic N) is 3. The van der Waals surface area contributed by atoms with Crippen molar-refractivity contribution < 1.29 is 14.3 Å². The van der Waals surface area contributed by atoms with E-state index in [2.05, 4.69) is 15.5 Å². The molecule has 1 amide bonds. The molecule has 0 saturated heterocycles. The maximum atomic E-state index is 12.0. The Labute approximate surface area is 144 Å². The highest BCUT2D eigenvalue weighted by atomic mass is 32.2. The second-order valence-corrected chi connectivity index (χ2v) is 6.65. The molecule has 0 aliphatic carbocycles. The summed E-state index contributed by atoms with van der Waals surface area (Å²) in [6.07, 6.45) is 1.49. The zero-order valence-corrected chi connectivity index (χ0v) is 14.5. The normalized spacial score (nSPS) is 16.2. The molecule has 0 bridgehead atoms. The smallest absolute Gasteiger partial charge is 0.230 e. The number of carbonyl (C=O) groups excluding carboxylic acids is 1. The molecule has 1 N–H and O–H groups in total. The summed E-state index contributed by atoms with van der Waals surface area (Å²) in [4.78, 5) is 12.0. The lowest BCUT2D eigenvalue weighted by Crippen LogP contribution is -2.41. The predicted octanol–water partition coefficient (Wildman–Crippen LogP) is 1.91. The third-order valence-corrected chi connectivity index (χ3v) is 4.48. The largest absolute Gasteiger partial charge is 0.486 e. The molecule has 8 heteroatoms. The van der Waals surface area contributed by atoms with Crippen molar-refractivity contribution in [3.05, 3.63) is 30.6 Å². The van der Waals surface area contributed by atoms with Gasteiger partial charge in [0.25, 0.3) is 0 Å². The van der Waals surface area contributed by atoms with Crippen LogP contribution in [-0.2, 0) is 4.79 Å². The van der Waals surface area contributed by atoms with Crippen LogP contribution in [0.4, 0.5) is 0 Å². The Morgan fingerprint density at radius 3 is 3.00 bits per heavy atom. The van der Waals surface area contributed by atoms with E-state index in [1.165, 1.54) is 11.8 Å². The number of aromatic nitrogens is 3. The molecule has 0 saturated carbocycles. The summed E-state index contributed by atoms with van der Waals surface area (Å²) >= 11 is 1.37. The van der Waals surface area contributed by atoms with Crippen LogP contribution >= 0.6 is 11.8 Å². The Hall–Kier alpha value is -2.22. The Balaban J connectivity index is 1.44. The number of ether oxygens (including phenoxy) is 2. The van der Waals surface area contributed by atoms with Gasteiger partial charge in [0.1, 0.15) is 19.0 Å². The number of rotatable bonds is 6. The minimum atomic E-state index is -0.187. The molecule has 1 aliphatic rings. The van der Waals surface area contributed by atoms with Crippen molar-refractivity contribution >= 4 is 17.7 Å². The van der Waals surface area contributed by atoms with Crippen molar-refractivity contribution in [3.63, 3.8) is 0 Å². The minimum Gasteiger partial charge on any atom is -0.486 e. The molecule has 0 fully saturated rings. The van der Waals surface area contributed by atoms with E-state index in [1.54, 1.807) is 6.33 Å². The van der Waals surface area contributed by atoms with Gasteiger partial charge in [-0.15, -0.1) is 10.2 Å². The van der Waals surface area contributed by atoms with E-state index in [0.29, 0.717) is 18.9 Å². The highest BCUT2D eigenvalue weighted by Gasteiger charge is 2.21. The average molecular weight is 348 g/mol. The highest BCUT2D eigenvalue weighted by molar-refractivity contribution is 7.99. The van der Waals surface area contributed by atoms with E-state index in [0.717, 1.165) is 10.9 Å². The van der Waals surface area contributed by atoms with Gasteiger partial charge >= 0.3 is 0 Å². The molecule has 0 unspecified atom stereocenters. The molecular formula is C16H20N4O3S. The van der Waals surface area contributed by atoms with E-state index in [4.69, 9.17) is 9.47 Å². The van der Waals surface area contributed by atoms with Crippen molar-refractivity contribution in [3.8, 4) is 11.5 Å². The molecule has 0 spiro atoms. The van der Waals surface area contributed by atoms with Crippen molar-refractivity contribution in [1.82, 2.24) is 20.1 Å². The number of para-hydroxylation sites is 2.